The van der Waals surface area contributed by atoms with E-state index in [4.69, 9.17) is 4.52 Å². The fourth-order valence-electron chi connectivity index (χ4n) is 2.14. The smallest absolute Gasteiger partial charge is 0.259 e. The zero-order valence-corrected chi connectivity index (χ0v) is 9.63. The SMILES string of the molecule is c1nc2[nH]ncc2cc1-c1nc(C2CCC2)no1. The lowest BCUT2D eigenvalue weighted by atomic mass is 9.85. The second-order valence-electron chi connectivity index (χ2n) is 4.62. The third-order valence-electron chi connectivity index (χ3n) is 3.45. The van der Waals surface area contributed by atoms with E-state index in [0.29, 0.717) is 11.8 Å². The van der Waals surface area contributed by atoms with Crippen molar-refractivity contribution in [1.29, 1.82) is 0 Å². The molecule has 4 rings (SSSR count). The van der Waals surface area contributed by atoms with Crippen LogP contribution in [-0.2, 0) is 0 Å². The number of aromatic nitrogens is 5. The molecule has 0 aromatic carbocycles. The molecule has 0 atom stereocenters. The number of hydrogen-bond donors (Lipinski definition) is 1. The number of hydrogen-bond acceptors (Lipinski definition) is 5. The summed E-state index contributed by atoms with van der Waals surface area (Å²) in [4.78, 5) is 8.71. The molecule has 90 valence electrons. The highest BCUT2D eigenvalue weighted by atomic mass is 16.5. The Morgan fingerprint density at radius 1 is 1.28 bits per heavy atom. The number of pyridine rings is 1. The lowest BCUT2D eigenvalue weighted by Gasteiger charge is -2.20. The van der Waals surface area contributed by atoms with Gasteiger partial charge in [-0.05, 0) is 18.9 Å². The van der Waals surface area contributed by atoms with Gasteiger partial charge in [0.15, 0.2) is 11.5 Å². The van der Waals surface area contributed by atoms with Gasteiger partial charge in [0.25, 0.3) is 5.89 Å². The Balaban J connectivity index is 1.74. The van der Waals surface area contributed by atoms with Crippen molar-refractivity contribution in [2.45, 2.75) is 25.2 Å². The largest absolute Gasteiger partial charge is 0.334 e. The first kappa shape index (κ1) is 9.76. The van der Waals surface area contributed by atoms with Gasteiger partial charge in [-0.25, -0.2) is 4.98 Å². The minimum absolute atomic E-state index is 0.480. The maximum atomic E-state index is 5.30. The van der Waals surface area contributed by atoms with Gasteiger partial charge in [0.2, 0.25) is 0 Å². The molecular weight excluding hydrogens is 230 g/mol. The van der Waals surface area contributed by atoms with Crippen LogP contribution in [0.25, 0.3) is 22.5 Å². The van der Waals surface area contributed by atoms with Crippen molar-refractivity contribution in [3.05, 3.63) is 24.3 Å². The van der Waals surface area contributed by atoms with Crippen molar-refractivity contribution >= 4 is 11.0 Å². The molecule has 0 bridgehead atoms. The average molecular weight is 241 g/mol. The monoisotopic (exact) mass is 241 g/mol. The molecule has 1 aliphatic carbocycles. The molecule has 3 aromatic heterocycles. The summed E-state index contributed by atoms with van der Waals surface area (Å²) < 4.78 is 5.30. The number of aromatic amines is 1. The molecule has 6 nitrogen and oxygen atoms in total. The predicted molar refractivity (Wildman–Crippen MR) is 63.8 cm³/mol. The number of rotatable bonds is 2. The van der Waals surface area contributed by atoms with E-state index >= 15 is 0 Å². The van der Waals surface area contributed by atoms with Crippen molar-refractivity contribution in [3.8, 4) is 11.5 Å². The summed E-state index contributed by atoms with van der Waals surface area (Å²) in [6.45, 7) is 0. The van der Waals surface area contributed by atoms with Crippen molar-refractivity contribution < 1.29 is 4.52 Å². The van der Waals surface area contributed by atoms with Crippen LogP contribution >= 0.6 is 0 Å². The molecular formula is C12H11N5O. The first-order chi connectivity index (χ1) is 8.90. The maximum absolute atomic E-state index is 5.30. The minimum atomic E-state index is 0.480. The van der Waals surface area contributed by atoms with Crippen LogP contribution < -0.4 is 0 Å². The van der Waals surface area contributed by atoms with Gasteiger partial charge in [0.1, 0.15) is 0 Å². The summed E-state index contributed by atoms with van der Waals surface area (Å²) in [5, 5.41) is 11.7. The second kappa shape index (κ2) is 3.63. The lowest BCUT2D eigenvalue weighted by molar-refractivity contribution is 0.366. The Hall–Kier alpha value is -2.24. The minimum Gasteiger partial charge on any atom is -0.334 e. The molecule has 0 amide bonds. The summed E-state index contributed by atoms with van der Waals surface area (Å²) in [6.07, 6.45) is 7.04. The molecule has 1 saturated carbocycles. The van der Waals surface area contributed by atoms with Crippen LogP contribution in [0.4, 0.5) is 0 Å². The van der Waals surface area contributed by atoms with Crippen LogP contribution in [0.5, 0.6) is 0 Å². The summed E-state index contributed by atoms with van der Waals surface area (Å²) in [6, 6.07) is 1.95. The van der Waals surface area contributed by atoms with E-state index in [1.165, 1.54) is 6.42 Å². The van der Waals surface area contributed by atoms with Gasteiger partial charge < -0.3 is 4.52 Å². The van der Waals surface area contributed by atoms with Crippen molar-refractivity contribution in [1.82, 2.24) is 25.3 Å². The first-order valence-corrected chi connectivity index (χ1v) is 6.03. The van der Waals surface area contributed by atoms with Gasteiger partial charge in [-0.1, -0.05) is 11.6 Å². The highest BCUT2D eigenvalue weighted by Crippen LogP contribution is 2.35. The van der Waals surface area contributed by atoms with Crippen LogP contribution in [0.3, 0.4) is 0 Å². The molecule has 1 N–H and O–H groups in total. The van der Waals surface area contributed by atoms with E-state index in [1.54, 1.807) is 12.4 Å². The van der Waals surface area contributed by atoms with E-state index in [2.05, 4.69) is 25.3 Å². The van der Waals surface area contributed by atoms with Crippen LogP contribution in [0, 0.1) is 0 Å². The summed E-state index contributed by atoms with van der Waals surface area (Å²) in [5.74, 6) is 1.84. The van der Waals surface area contributed by atoms with Crippen molar-refractivity contribution in [3.63, 3.8) is 0 Å². The third kappa shape index (κ3) is 1.42. The Morgan fingerprint density at radius 3 is 3.06 bits per heavy atom. The van der Waals surface area contributed by atoms with Crippen molar-refractivity contribution in [2.24, 2.45) is 0 Å². The highest BCUT2D eigenvalue weighted by molar-refractivity contribution is 5.78. The topological polar surface area (TPSA) is 80.5 Å². The van der Waals surface area contributed by atoms with Gasteiger partial charge in [-0.15, -0.1) is 0 Å². The molecule has 0 saturated heterocycles. The van der Waals surface area contributed by atoms with Crippen LogP contribution in [0.2, 0.25) is 0 Å². The number of nitrogens with zero attached hydrogens (tertiary/aromatic N) is 4. The lowest BCUT2D eigenvalue weighted by Crippen LogP contribution is -2.10. The first-order valence-electron chi connectivity index (χ1n) is 6.03. The quantitative estimate of drug-likeness (QED) is 0.744. The fourth-order valence-corrected chi connectivity index (χ4v) is 2.14. The van der Waals surface area contributed by atoms with Gasteiger partial charge in [0.05, 0.1) is 11.8 Å². The van der Waals surface area contributed by atoms with E-state index in [-0.39, 0.29) is 0 Å². The molecule has 18 heavy (non-hydrogen) atoms. The molecule has 3 heterocycles. The molecule has 1 aliphatic rings. The van der Waals surface area contributed by atoms with Crippen LogP contribution in [0.15, 0.2) is 23.0 Å². The predicted octanol–water partition coefficient (Wildman–Crippen LogP) is 2.28. The van der Waals surface area contributed by atoms with E-state index in [9.17, 15) is 0 Å². The van der Waals surface area contributed by atoms with Crippen LogP contribution in [-0.4, -0.2) is 25.3 Å². The molecule has 1 fully saturated rings. The number of fused-ring (bicyclic) bond motifs is 1. The normalized spacial score (nSPS) is 16.0. The molecule has 0 spiro atoms. The second-order valence-corrected chi connectivity index (χ2v) is 4.62. The molecule has 3 aromatic rings. The van der Waals surface area contributed by atoms with Gasteiger partial charge in [-0.3, -0.25) is 5.10 Å². The summed E-state index contributed by atoms with van der Waals surface area (Å²) in [7, 11) is 0. The third-order valence-corrected chi connectivity index (χ3v) is 3.45. The van der Waals surface area contributed by atoms with Gasteiger partial charge in [-0.2, -0.15) is 10.1 Å². The zero-order valence-electron chi connectivity index (χ0n) is 9.63. The van der Waals surface area contributed by atoms with Crippen molar-refractivity contribution in [2.75, 3.05) is 0 Å². The molecule has 0 aliphatic heterocycles. The summed E-state index contributed by atoms with van der Waals surface area (Å²) in [5.41, 5.74) is 1.60. The Bertz CT molecular complexity index is 697. The summed E-state index contributed by atoms with van der Waals surface area (Å²) >= 11 is 0. The molecule has 0 unspecified atom stereocenters. The van der Waals surface area contributed by atoms with E-state index in [0.717, 1.165) is 35.3 Å². The average Bonchev–Trinajstić information content (AvgIpc) is 2.93. The highest BCUT2D eigenvalue weighted by Gasteiger charge is 2.25. The Labute approximate surface area is 102 Å². The number of H-pyrrole nitrogens is 1. The van der Waals surface area contributed by atoms with Gasteiger partial charge >= 0.3 is 0 Å². The fraction of sp³-hybridized carbons (Fsp3) is 0.333. The molecule has 0 radical (unpaired) electrons. The standard InChI is InChI=1S/C12H11N5O/c1-2-7(3-1)11-15-12(18-17-11)9-4-8-6-14-16-10(8)13-5-9/h4-7H,1-3H2,(H,13,14,16). The Morgan fingerprint density at radius 2 is 2.22 bits per heavy atom. The Kier molecular flexibility index (Phi) is 1.97. The van der Waals surface area contributed by atoms with Crippen LogP contribution in [0.1, 0.15) is 31.0 Å². The molecule has 6 heteroatoms. The maximum Gasteiger partial charge on any atom is 0.259 e. The number of nitrogens with one attached hydrogen (secondary N) is 1. The zero-order chi connectivity index (χ0) is 11.9. The van der Waals surface area contributed by atoms with E-state index < -0.39 is 0 Å². The van der Waals surface area contributed by atoms with Gasteiger partial charge in [0, 0.05) is 17.5 Å². The van der Waals surface area contributed by atoms with E-state index in [1.807, 2.05) is 6.07 Å².